The van der Waals surface area contributed by atoms with Gasteiger partial charge in [-0.3, -0.25) is 0 Å². The molecule has 2 aromatic heterocycles. The number of rotatable bonds is 0. The van der Waals surface area contributed by atoms with Crippen LogP contribution in [0.25, 0.3) is 4.91 Å². The van der Waals surface area contributed by atoms with Crippen LogP contribution >= 0.6 is 12.6 Å². The molecule has 0 fully saturated rings. The largest absolute Gasteiger partial charge is 0.325 e. The summed E-state index contributed by atoms with van der Waals surface area (Å²) in [4.78, 5) is 9.79. The van der Waals surface area contributed by atoms with Crippen molar-refractivity contribution in [2.45, 2.75) is 13.3 Å². The summed E-state index contributed by atoms with van der Waals surface area (Å²) >= 11 is 4.56. The van der Waals surface area contributed by atoms with E-state index in [2.05, 4.69) is 53.0 Å². The topological polar surface area (TPSA) is 37.8 Å². The number of fused-ring (bicyclic) bond motifs is 4. The van der Waals surface area contributed by atoms with Gasteiger partial charge in [-0.05, 0) is 42.2 Å². The maximum absolute atomic E-state index is 4.56. The molecule has 4 heteroatoms. The van der Waals surface area contributed by atoms with Crippen molar-refractivity contribution in [2.75, 3.05) is 5.32 Å². The van der Waals surface area contributed by atoms with Gasteiger partial charge in [0.25, 0.3) is 0 Å². The van der Waals surface area contributed by atoms with Crippen molar-refractivity contribution >= 4 is 29.2 Å². The molecule has 3 nitrogen and oxygen atoms in total. The second-order valence-corrected chi connectivity index (χ2v) is 5.30. The van der Waals surface area contributed by atoms with Gasteiger partial charge in [-0.1, -0.05) is 19.1 Å². The minimum absolute atomic E-state index is 0.409. The quantitative estimate of drug-likeness (QED) is 0.716. The average Bonchev–Trinajstić information content (AvgIpc) is 2.39. The van der Waals surface area contributed by atoms with Gasteiger partial charge in [0.15, 0.2) is 0 Å². The van der Waals surface area contributed by atoms with Gasteiger partial charge in [-0.15, -0.1) is 12.6 Å². The Bertz CT molecular complexity index is 637. The summed E-state index contributed by atoms with van der Waals surface area (Å²) in [5.41, 5.74) is 2.15. The Morgan fingerprint density at radius 1 is 1.26 bits per heavy atom. The number of allylic oxidation sites excluding steroid dienone is 1. The molecule has 0 radical (unpaired) electrons. The first-order valence-corrected chi connectivity index (χ1v) is 6.75. The van der Waals surface area contributed by atoms with E-state index in [0.29, 0.717) is 5.92 Å². The highest BCUT2D eigenvalue weighted by Crippen LogP contribution is 2.24. The lowest BCUT2D eigenvalue weighted by molar-refractivity contribution is 0.726. The third-order valence-electron chi connectivity index (χ3n) is 3.09. The van der Waals surface area contributed by atoms with Crippen LogP contribution in [-0.2, 0) is 6.42 Å². The smallest absolute Gasteiger partial charge is 0.132 e. The number of nitrogens with one attached hydrogen (secondary N) is 1. The number of pyridine rings is 2. The van der Waals surface area contributed by atoms with E-state index in [9.17, 15) is 0 Å². The predicted octanol–water partition coefficient (Wildman–Crippen LogP) is 3.68. The number of hydrogen-bond acceptors (Lipinski definition) is 4. The fourth-order valence-corrected chi connectivity index (χ4v) is 2.61. The van der Waals surface area contributed by atoms with Gasteiger partial charge in [0.1, 0.15) is 11.6 Å². The standard InChI is InChI=1S/C15H15N3S/c1-10-7-11-5-6-16-15(9-11)18-14-4-2-3-12(17-14)13(19)8-10/h2-6,8-10,19H,7H2,1H3,(H,16,17,18)/b13-8-. The molecule has 96 valence electrons. The zero-order chi connectivity index (χ0) is 13.2. The van der Waals surface area contributed by atoms with E-state index in [4.69, 9.17) is 0 Å². The highest BCUT2D eigenvalue weighted by Gasteiger charge is 2.08. The first kappa shape index (κ1) is 12.2. The summed E-state index contributed by atoms with van der Waals surface area (Å²) in [6, 6.07) is 10.00. The van der Waals surface area contributed by atoms with Crippen molar-refractivity contribution in [3.63, 3.8) is 0 Å². The van der Waals surface area contributed by atoms with Gasteiger partial charge >= 0.3 is 0 Å². The van der Waals surface area contributed by atoms with Gasteiger partial charge in [-0.2, -0.15) is 0 Å². The number of thiol groups is 1. The van der Waals surface area contributed by atoms with Crippen LogP contribution < -0.4 is 5.32 Å². The Balaban J connectivity index is 2.12. The van der Waals surface area contributed by atoms with Crippen molar-refractivity contribution < 1.29 is 0 Å². The number of hydrogen-bond donors (Lipinski definition) is 2. The molecule has 1 aliphatic rings. The fraction of sp³-hybridized carbons (Fsp3) is 0.200. The van der Waals surface area contributed by atoms with Gasteiger partial charge in [0.2, 0.25) is 0 Å². The van der Waals surface area contributed by atoms with Crippen molar-refractivity contribution in [3.8, 4) is 0 Å². The molecule has 4 bridgehead atoms. The van der Waals surface area contributed by atoms with Crippen LogP contribution in [0, 0.1) is 5.92 Å². The third kappa shape index (κ3) is 2.79. The minimum atomic E-state index is 0.409. The fourth-order valence-electron chi connectivity index (χ4n) is 2.23. The van der Waals surface area contributed by atoms with Crippen molar-refractivity contribution in [1.82, 2.24) is 9.97 Å². The van der Waals surface area contributed by atoms with E-state index in [1.807, 2.05) is 24.4 Å². The van der Waals surface area contributed by atoms with E-state index in [1.54, 1.807) is 0 Å². The van der Waals surface area contributed by atoms with E-state index in [0.717, 1.165) is 28.7 Å². The Morgan fingerprint density at radius 2 is 2.16 bits per heavy atom. The van der Waals surface area contributed by atoms with Crippen LogP contribution in [0.2, 0.25) is 0 Å². The molecule has 1 N–H and O–H groups in total. The molecule has 0 saturated heterocycles. The summed E-state index contributed by atoms with van der Waals surface area (Å²) in [6.45, 7) is 2.19. The molecule has 1 atom stereocenters. The summed E-state index contributed by atoms with van der Waals surface area (Å²) in [5, 5.41) is 3.23. The molecule has 0 aromatic carbocycles. The van der Waals surface area contributed by atoms with Crippen LogP contribution in [0.4, 0.5) is 11.6 Å². The van der Waals surface area contributed by atoms with Crippen molar-refractivity contribution in [1.29, 1.82) is 0 Å². The molecule has 0 amide bonds. The lowest BCUT2D eigenvalue weighted by Gasteiger charge is -2.08. The Kier molecular flexibility index (Phi) is 3.25. The molecule has 3 heterocycles. The third-order valence-corrected chi connectivity index (χ3v) is 3.47. The van der Waals surface area contributed by atoms with E-state index in [-0.39, 0.29) is 0 Å². The summed E-state index contributed by atoms with van der Waals surface area (Å²) in [6.07, 6.45) is 4.95. The molecule has 3 rings (SSSR count). The van der Waals surface area contributed by atoms with Crippen LogP contribution in [0.1, 0.15) is 18.2 Å². The van der Waals surface area contributed by atoms with Gasteiger partial charge in [-0.25, -0.2) is 9.97 Å². The van der Waals surface area contributed by atoms with E-state index in [1.165, 1.54) is 5.56 Å². The Hall–Kier alpha value is -1.81. The van der Waals surface area contributed by atoms with Crippen molar-refractivity contribution in [3.05, 3.63) is 53.9 Å². The Labute approximate surface area is 118 Å². The highest BCUT2D eigenvalue weighted by atomic mass is 32.1. The number of anilines is 2. The molecular weight excluding hydrogens is 254 g/mol. The minimum Gasteiger partial charge on any atom is -0.325 e. The summed E-state index contributed by atoms with van der Waals surface area (Å²) in [7, 11) is 0. The van der Waals surface area contributed by atoms with Crippen LogP contribution in [0.3, 0.4) is 0 Å². The predicted molar refractivity (Wildman–Crippen MR) is 81.6 cm³/mol. The molecule has 0 saturated carbocycles. The molecule has 1 unspecified atom stereocenters. The van der Waals surface area contributed by atoms with Crippen LogP contribution in [0.5, 0.6) is 0 Å². The first-order chi connectivity index (χ1) is 9.20. The zero-order valence-corrected chi connectivity index (χ0v) is 11.6. The first-order valence-electron chi connectivity index (χ1n) is 6.31. The van der Waals surface area contributed by atoms with E-state index >= 15 is 0 Å². The van der Waals surface area contributed by atoms with Gasteiger partial charge in [0.05, 0.1) is 5.69 Å². The lowest BCUT2D eigenvalue weighted by Crippen LogP contribution is -1.98. The van der Waals surface area contributed by atoms with Gasteiger partial charge < -0.3 is 5.32 Å². The van der Waals surface area contributed by atoms with Crippen molar-refractivity contribution in [2.24, 2.45) is 5.92 Å². The van der Waals surface area contributed by atoms with Crippen LogP contribution in [-0.4, -0.2) is 9.97 Å². The number of nitrogens with zero attached hydrogens (tertiary/aromatic N) is 2. The van der Waals surface area contributed by atoms with E-state index < -0.39 is 0 Å². The molecular formula is C15H15N3S. The lowest BCUT2D eigenvalue weighted by atomic mass is 10.0. The van der Waals surface area contributed by atoms with Gasteiger partial charge in [0, 0.05) is 11.1 Å². The molecule has 0 aliphatic carbocycles. The normalized spacial score (nSPS) is 20.7. The maximum atomic E-state index is 4.56. The van der Waals surface area contributed by atoms with Crippen LogP contribution in [0.15, 0.2) is 42.6 Å². The monoisotopic (exact) mass is 269 g/mol. The summed E-state index contributed by atoms with van der Waals surface area (Å²) in [5.74, 6) is 2.03. The number of aromatic nitrogens is 2. The average molecular weight is 269 g/mol. The second-order valence-electron chi connectivity index (χ2n) is 4.82. The second kappa shape index (κ2) is 5.05. The zero-order valence-electron chi connectivity index (χ0n) is 10.7. The molecule has 2 aromatic rings. The summed E-state index contributed by atoms with van der Waals surface area (Å²) < 4.78 is 0. The maximum Gasteiger partial charge on any atom is 0.132 e. The SMILES string of the molecule is CC1/C=C(\S)c2cccc(n2)Nc2cc(ccn2)C1. The molecule has 1 aliphatic heterocycles. The molecule has 0 spiro atoms. The molecule has 19 heavy (non-hydrogen) atoms. The Morgan fingerprint density at radius 3 is 3.05 bits per heavy atom. The highest BCUT2D eigenvalue weighted by molar-refractivity contribution is 7.90.